The zero-order chi connectivity index (χ0) is 11.8. The molecule has 0 spiro atoms. The maximum atomic E-state index is 5.75. The van der Waals surface area contributed by atoms with Crippen LogP contribution in [0.5, 0.6) is 0 Å². The summed E-state index contributed by atoms with van der Waals surface area (Å²) in [6.45, 7) is 5.08. The van der Waals surface area contributed by atoms with E-state index in [1.54, 1.807) is 11.3 Å². The highest BCUT2D eigenvalue weighted by Gasteiger charge is 2.23. The quantitative estimate of drug-likeness (QED) is 0.886. The lowest BCUT2D eigenvalue weighted by molar-refractivity contribution is 0.603. The van der Waals surface area contributed by atoms with Crippen molar-refractivity contribution in [2.75, 3.05) is 24.5 Å². The molecular weight excluding hydrogens is 230 g/mol. The molecule has 2 N–H and O–H groups in total. The lowest BCUT2D eigenvalue weighted by Crippen LogP contribution is -2.22. The Morgan fingerprint density at radius 2 is 2.41 bits per heavy atom. The predicted octanol–water partition coefficient (Wildman–Crippen LogP) is 2.39. The summed E-state index contributed by atoms with van der Waals surface area (Å²) in [7, 11) is 0. The molecule has 1 aromatic carbocycles. The van der Waals surface area contributed by atoms with Gasteiger partial charge in [-0.2, -0.15) is 0 Å². The molecule has 0 saturated carbocycles. The Hall–Kier alpha value is -1.13. The first kappa shape index (κ1) is 11.0. The Morgan fingerprint density at radius 3 is 3.18 bits per heavy atom. The SMILES string of the molecule is Cc1nc2cccc(N3CCC(CN)C3)c2s1. The predicted molar refractivity (Wildman–Crippen MR) is 73.7 cm³/mol. The molecular formula is C13H17N3S. The number of nitrogens with two attached hydrogens (primary N) is 1. The summed E-state index contributed by atoms with van der Waals surface area (Å²) in [6, 6.07) is 6.41. The lowest BCUT2D eigenvalue weighted by atomic mass is 10.1. The van der Waals surface area contributed by atoms with E-state index in [0.29, 0.717) is 5.92 Å². The fraction of sp³-hybridized carbons (Fsp3) is 0.462. The molecule has 0 bridgehead atoms. The van der Waals surface area contributed by atoms with E-state index in [1.807, 2.05) is 0 Å². The van der Waals surface area contributed by atoms with Gasteiger partial charge >= 0.3 is 0 Å². The first-order valence-corrected chi connectivity index (χ1v) is 6.91. The molecule has 2 aromatic rings. The number of thiazole rings is 1. The van der Waals surface area contributed by atoms with Crippen LogP contribution in [0.3, 0.4) is 0 Å². The molecule has 1 unspecified atom stereocenters. The van der Waals surface area contributed by atoms with Crippen LogP contribution in [-0.2, 0) is 0 Å². The molecule has 3 nitrogen and oxygen atoms in total. The number of aryl methyl sites for hydroxylation is 1. The van der Waals surface area contributed by atoms with Crippen molar-refractivity contribution in [3.05, 3.63) is 23.2 Å². The smallest absolute Gasteiger partial charge is 0.0908 e. The average Bonchev–Trinajstić information content (AvgIpc) is 2.92. The van der Waals surface area contributed by atoms with Gasteiger partial charge in [0.05, 0.1) is 20.9 Å². The third kappa shape index (κ3) is 1.91. The van der Waals surface area contributed by atoms with Crippen LogP contribution in [0.25, 0.3) is 10.2 Å². The Balaban J connectivity index is 2.00. The van der Waals surface area contributed by atoms with E-state index in [0.717, 1.165) is 30.2 Å². The molecule has 1 fully saturated rings. The Bertz CT molecular complexity index is 534. The average molecular weight is 247 g/mol. The fourth-order valence-corrected chi connectivity index (χ4v) is 3.50. The van der Waals surface area contributed by atoms with E-state index < -0.39 is 0 Å². The van der Waals surface area contributed by atoms with Gasteiger partial charge in [-0.3, -0.25) is 0 Å². The summed E-state index contributed by atoms with van der Waals surface area (Å²) in [6.07, 6.45) is 1.21. The number of hydrogen-bond acceptors (Lipinski definition) is 4. The van der Waals surface area contributed by atoms with Crippen molar-refractivity contribution in [3.8, 4) is 0 Å². The number of anilines is 1. The summed E-state index contributed by atoms with van der Waals surface area (Å²) in [5.41, 5.74) is 8.22. The monoisotopic (exact) mass is 247 g/mol. The normalized spacial score (nSPS) is 20.4. The van der Waals surface area contributed by atoms with Crippen molar-refractivity contribution < 1.29 is 0 Å². The molecule has 3 rings (SSSR count). The molecule has 0 amide bonds. The van der Waals surface area contributed by atoms with Crippen LogP contribution in [0.1, 0.15) is 11.4 Å². The first-order chi connectivity index (χ1) is 8.28. The number of fused-ring (bicyclic) bond motifs is 1. The van der Waals surface area contributed by atoms with E-state index in [4.69, 9.17) is 5.73 Å². The summed E-state index contributed by atoms with van der Waals surface area (Å²) < 4.78 is 1.32. The zero-order valence-corrected chi connectivity index (χ0v) is 10.8. The van der Waals surface area contributed by atoms with Crippen LogP contribution in [-0.4, -0.2) is 24.6 Å². The van der Waals surface area contributed by atoms with Gasteiger partial charge < -0.3 is 10.6 Å². The standard InChI is InChI=1S/C13H17N3S/c1-9-15-11-3-2-4-12(13(11)17-9)16-6-5-10(7-14)8-16/h2-4,10H,5-8,14H2,1H3. The van der Waals surface area contributed by atoms with Crippen molar-refractivity contribution in [3.63, 3.8) is 0 Å². The third-order valence-electron chi connectivity index (χ3n) is 3.46. The number of rotatable bonds is 2. The number of hydrogen-bond donors (Lipinski definition) is 1. The second-order valence-electron chi connectivity index (χ2n) is 4.69. The topological polar surface area (TPSA) is 42.2 Å². The van der Waals surface area contributed by atoms with E-state index in [-0.39, 0.29) is 0 Å². The van der Waals surface area contributed by atoms with Crippen LogP contribution in [0.4, 0.5) is 5.69 Å². The highest BCUT2D eigenvalue weighted by molar-refractivity contribution is 7.19. The molecule has 4 heteroatoms. The van der Waals surface area contributed by atoms with Gasteiger partial charge in [0, 0.05) is 13.1 Å². The molecule has 0 radical (unpaired) electrons. The van der Waals surface area contributed by atoms with E-state index in [2.05, 4.69) is 35.0 Å². The molecule has 1 saturated heterocycles. The molecule has 1 aliphatic heterocycles. The van der Waals surface area contributed by atoms with Gasteiger partial charge in [-0.05, 0) is 37.9 Å². The van der Waals surface area contributed by atoms with Gasteiger partial charge in [-0.25, -0.2) is 4.98 Å². The molecule has 90 valence electrons. The minimum Gasteiger partial charge on any atom is -0.370 e. The van der Waals surface area contributed by atoms with Gasteiger partial charge in [0.25, 0.3) is 0 Å². The summed E-state index contributed by atoms with van der Waals surface area (Å²) in [5, 5.41) is 1.14. The largest absolute Gasteiger partial charge is 0.370 e. The van der Waals surface area contributed by atoms with E-state index in [1.165, 1.54) is 16.8 Å². The lowest BCUT2D eigenvalue weighted by Gasteiger charge is -2.18. The van der Waals surface area contributed by atoms with Crippen LogP contribution < -0.4 is 10.6 Å². The summed E-state index contributed by atoms with van der Waals surface area (Å²) in [5.74, 6) is 0.652. The highest BCUT2D eigenvalue weighted by atomic mass is 32.1. The van der Waals surface area contributed by atoms with Crippen LogP contribution >= 0.6 is 11.3 Å². The number of benzene rings is 1. The van der Waals surface area contributed by atoms with Crippen molar-refractivity contribution in [1.29, 1.82) is 0 Å². The second kappa shape index (κ2) is 4.27. The highest BCUT2D eigenvalue weighted by Crippen LogP contribution is 2.34. The second-order valence-corrected chi connectivity index (χ2v) is 5.90. The maximum Gasteiger partial charge on any atom is 0.0908 e. The van der Waals surface area contributed by atoms with Crippen molar-refractivity contribution in [2.45, 2.75) is 13.3 Å². The number of nitrogens with zero attached hydrogens (tertiary/aromatic N) is 2. The van der Waals surface area contributed by atoms with Crippen molar-refractivity contribution >= 4 is 27.2 Å². The zero-order valence-electron chi connectivity index (χ0n) is 10.0. The molecule has 2 heterocycles. The summed E-state index contributed by atoms with van der Waals surface area (Å²) in [4.78, 5) is 7.01. The fourth-order valence-electron chi connectivity index (χ4n) is 2.54. The van der Waals surface area contributed by atoms with Gasteiger partial charge in [-0.15, -0.1) is 11.3 Å². The van der Waals surface area contributed by atoms with Crippen molar-refractivity contribution in [1.82, 2.24) is 4.98 Å². The molecule has 0 aliphatic carbocycles. The molecule has 1 aliphatic rings. The molecule has 1 aromatic heterocycles. The van der Waals surface area contributed by atoms with Gasteiger partial charge in [0.2, 0.25) is 0 Å². The molecule has 1 atom stereocenters. The van der Waals surface area contributed by atoms with Crippen LogP contribution in [0.2, 0.25) is 0 Å². The number of aromatic nitrogens is 1. The Morgan fingerprint density at radius 1 is 1.53 bits per heavy atom. The minimum atomic E-state index is 0.652. The van der Waals surface area contributed by atoms with Gasteiger partial charge in [0.15, 0.2) is 0 Å². The summed E-state index contributed by atoms with van der Waals surface area (Å²) >= 11 is 1.79. The van der Waals surface area contributed by atoms with E-state index in [9.17, 15) is 0 Å². The third-order valence-corrected chi connectivity index (χ3v) is 4.47. The van der Waals surface area contributed by atoms with Gasteiger partial charge in [-0.1, -0.05) is 6.07 Å². The first-order valence-electron chi connectivity index (χ1n) is 6.09. The molecule has 17 heavy (non-hydrogen) atoms. The minimum absolute atomic E-state index is 0.652. The van der Waals surface area contributed by atoms with Crippen LogP contribution in [0.15, 0.2) is 18.2 Å². The Labute approximate surface area is 105 Å². The van der Waals surface area contributed by atoms with Crippen LogP contribution in [0, 0.1) is 12.8 Å². The Kier molecular flexibility index (Phi) is 2.76. The van der Waals surface area contributed by atoms with Gasteiger partial charge in [0.1, 0.15) is 0 Å². The maximum absolute atomic E-state index is 5.75. The van der Waals surface area contributed by atoms with E-state index >= 15 is 0 Å². The van der Waals surface area contributed by atoms with Crippen molar-refractivity contribution in [2.24, 2.45) is 11.7 Å².